The van der Waals surface area contributed by atoms with Crippen molar-refractivity contribution in [3.05, 3.63) is 35.6 Å². The Labute approximate surface area is 84.1 Å². The molecule has 0 aromatic heterocycles. The molecule has 3 unspecified atom stereocenters. The Morgan fingerprint density at radius 3 is 3.00 bits per heavy atom. The van der Waals surface area contributed by atoms with E-state index < -0.39 is 0 Å². The van der Waals surface area contributed by atoms with Crippen LogP contribution in [0.4, 0.5) is 4.39 Å². The molecule has 0 radical (unpaired) electrons. The molecule has 1 aromatic carbocycles. The second-order valence-electron chi connectivity index (χ2n) is 4.27. The largest absolute Gasteiger partial charge is 0.330 e. The predicted molar refractivity (Wildman–Crippen MR) is 55.5 cm³/mol. The molecule has 0 spiro atoms. The molecule has 1 saturated carbocycles. The number of halogens is 1. The molecule has 1 fully saturated rings. The van der Waals surface area contributed by atoms with Gasteiger partial charge < -0.3 is 5.73 Å². The van der Waals surface area contributed by atoms with E-state index >= 15 is 0 Å². The molecule has 0 amide bonds. The molecule has 3 atom stereocenters. The van der Waals surface area contributed by atoms with E-state index in [9.17, 15) is 4.39 Å². The normalized spacial score (nSPS) is 27.4. The second-order valence-corrected chi connectivity index (χ2v) is 4.27. The summed E-state index contributed by atoms with van der Waals surface area (Å²) in [5.74, 6) is 1.64. The Bertz CT molecular complexity index is 324. The molecule has 0 aliphatic heterocycles. The Morgan fingerprint density at radius 1 is 1.57 bits per heavy atom. The summed E-state index contributed by atoms with van der Waals surface area (Å²) in [5.41, 5.74) is 6.74. The summed E-state index contributed by atoms with van der Waals surface area (Å²) in [6.45, 7) is 2.90. The van der Waals surface area contributed by atoms with Crippen molar-refractivity contribution in [3.8, 4) is 0 Å². The average Bonchev–Trinajstić information content (AvgIpc) is 2.96. The zero-order chi connectivity index (χ0) is 10.1. The van der Waals surface area contributed by atoms with Crippen LogP contribution in [0.15, 0.2) is 24.3 Å². The molecule has 0 bridgehead atoms. The quantitative estimate of drug-likeness (QED) is 0.784. The van der Waals surface area contributed by atoms with Crippen molar-refractivity contribution in [2.75, 3.05) is 6.54 Å². The van der Waals surface area contributed by atoms with Gasteiger partial charge in [-0.2, -0.15) is 0 Å². The monoisotopic (exact) mass is 193 g/mol. The van der Waals surface area contributed by atoms with Crippen molar-refractivity contribution < 1.29 is 4.39 Å². The summed E-state index contributed by atoms with van der Waals surface area (Å²) >= 11 is 0. The molecule has 2 heteroatoms. The molecule has 1 aliphatic rings. The van der Waals surface area contributed by atoms with E-state index in [0.29, 0.717) is 17.8 Å². The molecule has 1 nitrogen and oxygen atoms in total. The van der Waals surface area contributed by atoms with Crippen LogP contribution in [0.2, 0.25) is 0 Å². The van der Waals surface area contributed by atoms with Gasteiger partial charge >= 0.3 is 0 Å². The second kappa shape index (κ2) is 3.70. The molecule has 76 valence electrons. The lowest BCUT2D eigenvalue weighted by Gasteiger charge is -2.07. The van der Waals surface area contributed by atoms with E-state index in [-0.39, 0.29) is 5.82 Å². The van der Waals surface area contributed by atoms with Gasteiger partial charge in [-0.25, -0.2) is 4.39 Å². The molecular weight excluding hydrogens is 177 g/mol. The summed E-state index contributed by atoms with van der Waals surface area (Å²) in [6, 6.07) is 6.94. The van der Waals surface area contributed by atoms with E-state index in [4.69, 9.17) is 5.73 Å². The third kappa shape index (κ3) is 1.80. The van der Waals surface area contributed by atoms with Crippen molar-refractivity contribution in [2.24, 2.45) is 17.6 Å². The molecule has 0 saturated heterocycles. The van der Waals surface area contributed by atoms with Gasteiger partial charge in [0, 0.05) is 0 Å². The molecular formula is C12H16FN. The number of rotatable bonds is 3. The summed E-state index contributed by atoms with van der Waals surface area (Å²) in [7, 11) is 0. The van der Waals surface area contributed by atoms with E-state index in [1.54, 1.807) is 12.1 Å². The van der Waals surface area contributed by atoms with Crippen molar-refractivity contribution in [1.29, 1.82) is 0 Å². The fourth-order valence-corrected chi connectivity index (χ4v) is 2.14. The highest BCUT2D eigenvalue weighted by Gasteiger charge is 2.41. The van der Waals surface area contributed by atoms with Crippen molar-refractivity contribution >= 4 is 0 Å². The first kappa shape index (κ1) is 9.66. The fourth-order valence-electron chi connectivity index (χ4n) is 2.14. The number of hydrogen-bond donors (Lipinski definition) is 1. The Morgan fingerprint density at radius 2 is 2.36 bits per heavy atom. The zero-order valence-corrected chi connectivity index (χ0v) is 8.41. The number of benzene rings is 1. The fraction of sp³-hybridized carbons (Fsp3) is 0.500. The van der Waals surface area contributed by atoms with Crippen LogP contribution in [0.3, 0.4) is 0 Å². The van der Waals surface area contributed by atoms with Gasteiger partial charge in [0.05, 0.1) is 0 Å². The topological polar surface area (TPSA) is 26.0 Å². The van der Waals surface area contributed by atoms with Crippen LogP contribution < -0.4 is 5.73 Å². The van der Waals surface area contributed by atoms with Crippen LogP contribution >= 0.6 is 0 Å². The van der Waals surface area contributed by atoms with Crippen molar-refractivity contribution in [2.45, 2.75) is 19.3 Å². The van der Waals surface area contributed by atoms with Gasteiger partial charge in [-0.15, -0.1) is 0 Å². The maximum atomic E-state index is 12.9. The third-order valence-electron chi connectivity index (χ3n) is 3.22. The summed E-state index contributed by atoms with van der Waals surface area (Å²) in [6.07, 6.45) is 1.17. The van der Waals surface area contributed by atoms with Gasteiger partial charge in [-0.1, -0.05) is 19.1 Å². The van der Waals surface area contributed by atoms with Gasteiger partial charge in [0.25, 0.3) is 0 Å². The molecule has 2 N–H and O–H groups in total. The minimum Gasteiger partial charge on any atom is -0.330 e. The lowest BCUT2D eigenvalue weighted by molar-refractivity contribution is 0.509. The Kier molecular flexibility index (Phi) is 2.55. The number of nitrogens with two attached hydrogens (primary N) is 1. The van der Waals surface area contributed by atoms with E-state index in [0.717, 1.165) is 12.1 Å². The minimum atomic E-state index is -0.131. The average molecular weight is 193 g/mol. The van der Waals surface area contributed by atoms with Crippen molar-refractivity contribution in [3.63, 3.8) is 0 Å². The standard InChI is InChI=1S/C12H16FN/c1-8(7-14)11-6-12(11)9-3-2-4-10(13)5-9/h2-5,8,11-12H,6-7,14H2,1H3. The first-order valence-electron chi connectivity index (χ1n) is 5.18. The zero-order valence-electron chi connectivity index (χ0n) is 8.41. The summed E-state index contributed by atoms with van der Waals surface area (Å²) in [4.78, 5) is 0. The highest BCUT2D eigenvalue weighted by molar-refractivity contribution is 5.26. The van der Waals surface area contributed by atoms with Crippen LogP contribution in [0.5, 0.6) is 0 Å². The van der Waals surface area contributed by atoms with Crippen molar-refractivity contribution in [1.82, 2.24) is 0 Å². The van der Waals surface area contributed by atoms with Gasteiger partial charge in [0.15, 0.2) is 0 Å². The molecule has 14 heavy (non-hydrogen) atoms. The summed E-state index contributed by atoms with van der Waals surface area (Å²) in [5, 5.41) is 0. The van der Waals surface area contributed by atoms with Gasteiger partial charge in [-0.05, 0) is 48.4 Å². The van der Waals surface area contributed by atoms with Crippen LogP contribution in [0.25, 0.3) is 0 Å². The van der Waals surface area contributed by atoms with Gasteiger partial charge in [0.1, 0.15) is 5.82 Å². The highest BCUT2D eigenvalue weighted by Crippen LogP contribution is 2.51. The lowest BCUT2D eigenvalue weighted by Crippen LogP contribution is -2.13. The third-order valence-corrected chi connectivity index (χ3v) is 3.22. The van der Waals surface area contributed by atoms with Crippen LogP contribution in [0, 0.1) is 17.7 Å². The molecule has 1 aromatic rings. The summed E-state index contributed by atoms with van der Waals surface area (Å²) < 4.78 is 12.9. The van der Waals surface area contributed by atoms with Crippen LogP contribution in [-0.4, -0.2) is 6.54 Å². The van der Waals surface area contributed by atoms with E-state index in [1.807, 2.05) is 6.07 Å². The van der Waals surface area contributed by atoms with E-state index in [1.165, 1.54) is 12.5 Å². The molecule has 0 heterocycles. The molecule has 1 aliphatic carbocycles. The minimum absolute atomic E-state index is 0.131. The first-order chi connectivity index (χ1) is 6.72. The maximum Gasteiger partial charge on any atom is 0.123 e. The molecule has 2 rings (SSSR count). The Hall–Kier alpha value is -0.890. The maximum absolute atomic E-state index is 12.9. The lowest BCUT2D eigenvalue weighted by atomic mass is 10.0. The van der Waals surface area contributed by atoms with E-state index in [2.05, 4.69) is 6.92 Å². The Balaban J connectivity index is 2.06. The number of hydrogen-bond acceptors (Lipinski definition) is 1. The highest BCUT2D eigenvalue weighted by atomic mass is 19.1. The van der Waals surface area contributed by atoms with Crippen LogP contribution in [-0.2, 0) is 0 Å². The first-order valence-corrected chi connectivity index (χ1v) is 5.18. The smallest absolute Gasteiger partial charge is 0.123 e. The predicted octanol–water partition coefficient (Wildman–Crippen LogP) is 2.52. The van der Waals surface area contributed by atoms with Crippen LogP contribution in [0.1, 0.15) is 24.8 Å². The van der Waals surface area contributed by atoms with Gasteiger partial charge in [0.2, 0.25) is 0 Å². The van der Waals surface area contributed by atoms with Gasteiger partial charge in [-0.3, -0.25) is 0 Å². The SMILES string of the molecule is CC(CN)C1CC1c1cccc(F)c1.